The van der Waals surface area contributed by atoms with E-state index in [2.05, 4.69) is 15.5 Å². The molecular weight excluding hydrogens is 320 g/mol. The van der Waals surface area contributed by atoms with E-state index in [9.17, 15) is 10.1 Å². The van der Waals surface area contributed by atoms with Gasteiger partial charge in [-0.15, -0.1) is 11.3 Å². The molecular formula is C14H12N4O4S. The standard InChI is InChI=1S/C14H12N4O4S/c1-21-11-5-4-9(18(19)20)7-10(11)15-8-13-16-14(17-22-13)12-3-2-6-23-12/h2-7,15H,8H2,1H3. The molecule has 118 valence electrons. The highest BCUT2D eigenvalue weighted by Gasteiger charge is 2.13. The van der Waals surface area contributed by atoms with E-state index < -0.39 is 4.92 Å². The number of rotatable bonds is 6. The summed E-state index contributed by atoms with van der Waals surface area (Å²) in [7, 11) is 1.49. The van der Waals surface area contributed by atoms with Gasteiger partial charge in [0.1, 0.15) is 5.75 Å². The van der Waals surface area contributed by atoms with E-state index in [4.69, 9.17) is 9.26 Å². The fourth-order valence-corrected chi connectivity index (χ4v) is 2.60. The summed E-state index contributed by atoms with van der Waals surface area (Å²) < 4.78 is 10.4. The number of thiophene rings is 1. The van der Waals surface area contributed by atoms with Crippen molar-refractivity contribution in [2.75, 3.05) is 12.4 Å². The minimum Gasteiger partial charge on any atom is -0.495 e. The molecule has 2 heterocycles. The lowest BCUT2D eigenvalue weighted by molar-refractivity contribution is -0.384. The quantitative estimate of drug-likeness (QED) is 0.545. The number of ether oxygens (including phenoxy) is 1. The number of non-ortho nitro benzene ring substituents is 1. The second-order valence-electron chi connectivity index (χ2n) is 4.48. The van der Waals surface area contributed by atoms with E-state index in [1.54, 1.807) is 0 Å². The number of nitro benzene ring substituents is 1. The van der Waals surface area contributed by atoms with Gasteiger partial charge in [0.15, 0.2) is 0 Å². The Morgan fingerprint density at radius 1 is 1.43 bits per heavy atom. The van der Waals surface area contributed by atoms with Crippen molar-refractivity contribution in [3.05, 3.63) is 51.7 Å². The Labute approximate surface area is 134 Å². The maximum absolute atomic E-state index is 10.9. The first-order chi connectivity index (χ1) is 11.2. The van der Waals surface area contributed by atoms with Crippen LogP contribution < -0.4 is 10.1 Å². The summed E-state index contributed by atoms with van der Waals surface area (Å²) in [6.45, 7) is 0.232. The van der Waals surface area contributed by atoms with Gasteiger partial charge in [0.25, 0.3) is 5.69 Å². The fraction of sp³-hybridized carbons (Fsp3) is 0.143. The minimum atomic E-state index is -0.466. The number of benzene rings is 1. The van der Waals surface area contributed by atoms with E-state index in [-0.39, 0.29) is 12.2 Å². The van der Waals surface area contributed by atoms with Crippen LogP contribution in [0, 0.1) is 10.1 Å². The van der Waals surface area contributed by atoms with Gasteiger partial charge in [-0.3, -0.25) is 10.1 Å². The van der Waals surface area contributed by atoms with Crippen LogP contribution in [-0.4, -0.2) is 22.2 Å². The Kier molecular flexibility index (Phi) is 4.20. The molecule has 2 aromatic heterocycles. The zero-order valence-electron chi connectivity index (χ0n) is 12.1. The number of hydrogen-bond donors (Lipinski definition) is 1. The van der Waals surface area contributed by atoms with E-state index in [0.29, 0.717) is 23.2 Å². The van der Waals surface area contributed by atoms with Gasteiger partial charge in [0.05, 0.1) is 29.1 Å². The highest BCUT2D eigenvalue weighted by Crippen LogP contribution is 2.29. The van der Waals surface area contributed by atoms with E-state index in [1.165, 1.54) is 36.6 Å². The molecule has 0 aliphatic carbocycles. The van der Waals surface area contributed by atoms with Gasteiger partial charge < -0.3 is 14.6 Å². The third kappa shape index (κ3) is 3.29. The van der Waals surface area contributed by atoms with E-state index in [0.717, 1.165) is 4.88 Å². The molecule has 0 unspecified atom stereocenters. The van der Waals surface area contributed by atoms with Gasteiger partial charge in [-0.25, -0.2) is 0 Å². The number of anilines is 1. The smallest absolute Gasteiger partial charge is 0.271 e. The Balaban J connectivity index is 1.75. The number of methoxy groups -OCH3 is 1. The average molecular weight is 332 g/mol. The molecule has 0 saturated heterocycles. The maximum atomic E-state index is 10.9. The van der Waals surface area contributed by atoms with Crippen LogP contribution in [0.15, 0.2) is 40.2 Å². The van der Waals surface area contributed by atoms with Crippen molar-refractivity contribution in [2.24, 2.45) is 0 Å². The van der Waals surface area contributed by atoms with Crippen molar-refractivity contribution in [3.8, 4) is 16.5 Å². The maximum Gasteiger partial charge on any atom is 0.271 e. The lowest BCUT2D eigenvalue weighted by atomic mass is 10.2. The molecule has 9 heteroatoms. The molecule has 1 aromatic carbocycles. The molecule has 0 atom stereocenters. The van der Waals surface area contributed by atoms with Crippen LogP contribution in [0.5, 0.6) is 5.75 Å². The molecule has 8 nitrogen and oxygen atoms in total. The molecule has 3 rings (SSSR count). The zero-order chi connectivity index (χ0) is 16.2. The molecule has 1 N–H and O–H groups in total. The first kappa shape index (κ1) is 15.0. The van der Waals surface area contributed by atoms with Crippen molar-refractivity contribution in [3.63, 3.8) is 0 Å². The topological polar surface area (TPSA) is 103 Å². The van der Waals surface area contributed by atoms with Crippen molar-refractivity contribution in [1.29, 1.82) is 0 Å². The normalized spacial score (nSPS) is 10.5. The fourth-order valence-electron chi connectivity index (χ4n) is 1.95. The summed E-state index contributed by atoms with van der Waals surface area (Å²) >= 11 is 1.51. The lowest BCUT2D eigenvalue weighted by Crippen LogP contribution is -2.02. The third-order valence-electron chi connectivity index (χ3n) is 3.03. The molecule has 0 saturated carbocycles. The molecule has 0 spiro atoms. The lowest BCUT2D eigenvalue weighted by Gasteiger charge is -2.09. The molecule has 0 fully saturated rings. The van der Waals surface area contributed by atoms with Gasteiger partial charge >= 0.3 is 0 Å². The van der Waals surface area contributed by atoms with Crippen molar-refractivity contribution in [1.82, 2.24) is 10.1 Å². The molecule has 3 aromatic rings. The number of nitrogens with zero attached hydrogens (tertiary/aromatic N) is 3. The summed E-state index contributed by atoms with van der Waals surface area (Å²) in [4.78, 5) is 15.6. The van der Waals surface area contributed by atoms with Crippen molar-refractivity contribution < 1.29 is 14.2 Å². The largest absolute Gasteiger partial charge is 0.495 e. The van der Waals surface area contributed by atoms with Gasteiger partial charge in [-0.2, -0.15) is 4.98 Å². The Hall–Kier alpha value is -2.94. The monoisotopic (exact) mass is 332 g/mol. The third-order valence-corrected chi connectivity index (χ3v) is 3.90. The van der Waals surface area contributed by atoms with Gasteiger partial charge in [0, 0.05) is 12.1 Å². The SMILES string of the molecule is COc1ccc([N+](=O)[O-])cc1NCc1nc(-c2cccs2)no1. The predicted octanol–water partition coefficient (Wildman–Crippen LogP) is 3.33. The zero-order valence-corrected chi connectivity index (χ0v) is 12.9. The number of aromatic nitrogens is 2. The Bertz CT molecular complexity index is 816. The first-order valence-electron chi connectivity index (χ1n) is 6.60. The van der Waals surface area contributed by atoms with E-state index >= 15 is 0 Å². The molecule has 0 amide bonds. The molecule has 23 heavy (non-hydrogen) atoms. The van der Waals surface area contributed by atoms with Gasteiger partial charge in [-0.05, 0) is 17.5 Å². The first-order valence-corrected chi connectivity index (χ1v) is 7.48. The summed E-state index contributed by atoms with van der Waals surface area (Å²) in [6.07, 6.45) is 0. The van der Waals surface area contributed by atoms with Gasteiger partial charge in [-0.1, -0.05) is 11.2 Å². The van der Waals surface area contributed by atoms with E-state index in [1.807, 2.05) is 17.5 Å². The van der Waals surface area contributed by atoms with Crippen LogP contribution in [0.2, 0.25) is 0 Å². The number of nitro groups is 1. The average Bonchev–Trinajstić information content (AvgIpc) is 3.23. The molecule has 0 aliphatic rings. The van der Waals surface area contributed by atoms with Crippen molar-refractivity contribution >= 4 is 22.7 Å². The molecule has 0 bridgehead atoms. The second kappa shape index (κ2) is 6.44. The van der Waals surface area contributed by atoms with Crippen LogP contribution in [0.4, 0.5) is 11.4 Å². The van der Waals surface area contributed by atoms with Crippen molar-refractivity contribution in [2.45, 2.75) is 6.54 Å². The van der Waals surface area contributed by atoms with Crippen LogP contribution >= 0.6 is 11.3 Å². The minimum absolute atomic E-state index is 0.0295. The summed E-state index contributed by atoms with van der Waals surface area (Å²) in [5.74, 6) is 1.39. The van der Waals surface area contributed by atoms with Gasteiger partial charge in [0.2, 0.25) is 11.7 Å². The van der Waals surface area contributed by atoms with Crippen LogP contribution in [0.25, 0.3) is 10.7 Å². The van der Waals surface area contributed by atoms with Crippen LogP contribution in [0.1, 0.15) is 5.89 Å². The van der Waals surface area contributed by atoms with Crippen LogP contribution in [-0.2, 0) is 6.54 Å². The Morgan fingerprint density at radius 3 is 3.00 bits per heavy atom. The molecule has 0 radical (unpaired) electrons. The highest BCUT2D eigenvalue weighted by molar-refractivity contribution is 7.13. The summed E-state index contributed by atoms with van der Waals surface area (Å²) in [5.41, 5.74) is 0.454. The molecule has 0 aliphatic heterocycles. The second-order valence-corrected chi connectivity index (χ2v) is 5.43. The van der Waals surface area contributed by atoms with Crippen LogP contribution in [0.3, 0.4) is 0 Å². The summed E-state index contributed by atoms with van der Waals surface area (Å²) in [6, 6.07) is 8.12. The highest BCUT2D eigenvalue weighted by atomic mass is 32.1. The Morgan fingerprint density at radius 2 is 2.30 bits per heavy atom. The number of hydrogen-bond acceptors (Lipinski definition) is 8. The predicted molar refractivity (Wildman–Crippen MR) is 84.6 cm³/mol. The number of nitrogens with one attached hydrogen (secondary N) is 1. The summed E-state index contributed by atoms with van der Waals surface area (Å²) in [5, 5.41) is 19.7.